The molecule has 0 saturated heterocycles. The van der Waals surface area contributed by atoms with E-state index in [0.717, 1.165) is 0 Å². The molecule has 2 rings (SSSR count). The number of hydrogen-bond acceptors (Lipinski definition) is 7. The van der Waals surface area contributed by atoms with E-state index >= 15 is 0 Å². The monoisotopic (exact) mass is 399 g/mol. The number of carbonyl (C=O) groups is 3. The van der Waals surface area contributed by atoms with E-state index in [2.05, 4.69) is 15.8 Å². The Labute approximate surface area is 167 Å². The molecule has 2 N–H and O–H groups in total. The van der Waals surface area contributed by atoms with E-state index < -0.39 is 17.8 Å². The zero-order chi connectivity index (χ0) is 21.2. The molecule has 0 unspecified atom stereocenters. The Morgan fingerprint density at radius 3 is 2.34 bits per heavy atom. The third-order valence-corrected chi connectivity index (χ3v) is 3.67. The number of carbonyl (C=O) groups excluding carboxylic acids is 3. The van der Waals surface area contributed by atoms with Crippen molar-refractivity contribution in [2.75, 3.05) is 26.1 Å². The van der Waals surface area contributed by atoms with Gasteiger partial charge in [-0.15, -0.1) is 0 Å². The molecule has 0 spiro atoms. The molecule has 0 atom stereocenters. The fraction of sp³-hybridized carbons (Fsp3) is 0.200. The number of ether oxygens (including phenoxy) is 3. The van der Waals surface area contributed by atoms with Crippen LogP contribution in [0.2, 0.25) is 0 Å². The maximum Gasteiger partial charge on any atom is 0.338 e. The van der Waals surface area contributed by atoms with E-state index in [4.69, 9.17) is 14.2 Å². The van der Waals surface area contributed by atoms with E-state index in [1.54, 1.807) is 25.1 Å². The molecule has 0 heterocycles. The highest BCUT2D eigenvalue weighted by molar-refractivity contribution is 6.39. The molecule has 0 radical (unpaired) electrons. The van der Waals surface area contributed by atoms with Crippen molar-refractivity contribution in [2.45, 2.75) is 6.92 Å². The Morgan fingerprint density at radius 1 is 1.00 bits per heavy atom. The van der Waals surface area contributed by atoms with E-state index in [-0.39, 0.29) is 6.61 Å². The van der Waals surface area contributed by atoms with Crippen molar-refractivity contribution in [3.63, 3.8) is 0 Å². The maximum absolute atomic E-state index is 12.0. The largest absolute Gasteiger partial charge is 0.497 e. The summed E-state index contributed by atoms with van der Waals surface area (Å²) in [6.45, 7) is 1.97. The number of methoxy groups -OCH3 is 2. The van der Waals surface area contributed by atoms with Crippen LogP contribution in [-0.2, 0) is 14.3 Å². The van der Waals surface area contributed by atoms with Crippen LogP contribution in [0, 0.1) is 0 Å². The molecule has 152 valence electrons. The first kappa shape index (κ1) is 21.4. The first-order chi connectivity index (χ1) is 14.0. The van der Waals surface area contributed by atoms with Crippen LogP contribution in [0.5, 0.6) is 11.5 Å². The molecule has 0 aliphatic heterocycles. The maximum atomic E-state index is 12.0. The van der Waals surface area contributed by atoms with Gasteiger partial charge in [-0.25, -0.2) is 10.2 Å². The zero-order valence-corrected chi connectivity index (χ0v) is 16.2. The van der Waals surface area contributed by atoms with Crippen LogP contribution in [0.3, 0.4) is 0 Å². The number of nitrogens with zero attached hydrogens (tertiary/aromatic N) is 1. The normalized spacial score (nSPS) is 10.3. The van der Waals surface area contributed by atoms with Gasteiger partial charge in [0, 0.05) is 17.3 Å². The van der Waals surface area contributed by atoms with E-state index in [0.29, 0.717) is 28.3 Å². The van der Waals surface area contributed by atoms with Gasteiger partial charge in [-0.1, -0.05) is 0 Å². The predicted octanol–water partition coefficient (Wildman–Crippen LogP) is 1.97. The molecule has 0 bridgehead atoms. The van der Waals surface area contributed by atoms with Crippen LogP contribution in [0.15, 0.2) is 47.6 Å². The molecule has 9 heteroatoms. The van der Waals surface area contributed by atoms with Crippen LogP contribution in [-0.4, -0.2) is 44.8 Å². The number of benzene rings is 2. The predicted molar refractivity (Wildman–Crippen MR) is 106 cm³/mol. The van der Waals surface area contributed by atoms with Gasteiger partial charge in [-0.3, -0.25) is 9.59 Å². The topological polar surface area (TPSA) is 115 Å². The Hall–Kier alpha value is -3.88. The second kappa shape index (κ2) is 10.5. The molecule has 2 aromatic carbocycles. The second-order valence-corrected chi connectivity index (χ2v) is 5.56. The lowest BCUT2D eigenvalue weighted by Gasteiger charge is -2.07. The summed E-state index contributed by atoms with van der Waals surface area (Å²) in [6.07, 6.45) is 1.34. The Balaban J connectivity index is 1.93. The fourth-order valence-electron chi connectivity index (χ4n) is 2.23. The summed E-state index contributed by atoms with van der Waals surface area (Å²) in [5.41, 5.74) is 3.41. The quantitative estimate of drug-likeness (QED) is 0.318. The van der Waals surface area contributed by atoms with Crippen molar-refractivity contribution in [3.05, 3.63) is 53.6 Å². The summed E-state index contributed by atoms with van der Waals surface area (Å²) in [7, 11) is 3.02. The summed E-state index contributed by atoms with van der Waals surface area (Å²) < 4.78 is 15.2. The van der Waals surface area contributed by atoms with Crippen molar-refractivity contribution in [3.8, 4) is 11.5 Å². The number of rotatable bonds is 7. The lowest BCUT2D eigenvalue weighted by molar-refractivity contribution is -0.136. The highest BCUT2D eigenvalue weighted by atomic mass is 16.5. The van der Waals surface area contributed by atoms with Crippen molar-refractivity contribution in [2.24, 2.45) is 5.10 Å². The standard InChI is InChI=1S/C20H21N3O6/c1-4-29-20(26)13-5-8-15(9-6-13)22-18(24)19(25)23-21-12-14-7-10-16(27-2)11-17(14)28-3/h5-12H,4H2,1-3H3,(H,22,24)(H,23,25)/b21-12-. The Morgan fingerprint density at radius 2 is 1.72 bits per heavy atom. The van der Waals surface area contributed by atoms with Crippen LogP contribution >= 0.6 is 0 Å². The van der Waals surface area contributed by atoms with Crippen molar-refractivity contribution < 1.29 is 28.6 Å². The molecule has 0 saturated carbocycles. The SMILES string of the molecule is CCOC(=O)c1ccc(NC(=O)C(=O)N/N=C\c2ccc(OC)cc2OC)cc1. The molecule has 0 aliphatic rings. The van der Waals surface area contributed by atoms with Crippen molar-refractivity contribution in [1.82, 2.24) is 5.43 Å². The van der Waals surface area contributed by atoms with Gasteiger partial charge in [0.2, 0.25) is 0 Å². The third kappa shape index (κ3) is 6.06. The van der Waals surface area contributed by atoms with Gasteiger partial charge in [-0.05, 0) is 43.3 Å². The summed E-state index contributed by atoms with van der Waals surface area (Å²) in [5, 5.41) is 6.17. The van der Waals surface area contributed by atoms with E-state index in [1.165, 1.54) is 44.7 Å². The van der Waals surface area contributed by atoms with Gasteiger partial charge in [0.25, 0.3) is 0 Å². The van der Waals surface area contributed by atoms with Crippen LogP contribution in [0.4, 0.5) is 5.69 Å². The van der Waals surface area contributed by atoms with Crippen molar-refractivity contribution >= 4 is 29.7 Å². The lowest BCUT2D eigenvalue weighted by Crippen LogP contribution is -2.32. The van der Waals surface area contributed by atoms with Gasteiger partial charge in [0.1, 0.15) is 11.5 Å². The van der Waals surface area contributed by atoms with Crippen molar-refractivity contribution in [1.29, 1.82) is 0 Å². The number of amides is 2. The molecule has 2 aromatic rings. The number of nitrogens with one attached hydrogen (secondary N) is 2. The number of anilines is 1. The molecule has 9 nitrogen and oxygen atoms in total. The minimum absolute atomic E-state index is 0.264. The second-order valence-electron chi connectivity index (χ2n) is 5.56. The summed E-state index contributed by atoms with van der Waals surface area (Å²) in [6, 6.07) is 11.0. The molecule has 0 aliphatic carbocycles. The van der Waals surface area contributed by atoms with E-state index in [1.807, 2.05) is 0 Å². The fourth-order valence-corrected chi connectivity index (χ4v) is 2.23. The summed E-state index contributed by atoms with van der Waals surface area (Å²) in [5.74, 6) is -1.23. The first-order valence-corrected chi connectivity index (χ1v) is 8.62. The molecule has 0 fully saturated rings. The first-order valence-electron chi connectivity index (χ1n) is 8.62. The lowest BCUT2D eigenvalue weighted by atomic mass is 10.2. The van der Waals surface area contributed by atoms with Gasteiger partial charge >= 0.3 is 17.8 Å². The molecule has 0 aromatic heterocycles. The van der Waals surface area contributed by atoms with Crippen LogP contribution < -0.4 is 20.2 Å². The number of hydrogen-bond donors (Lipinski definition) is 2. The van der Waals surface area contributed by atoms with Crippen LogP contribution in [0.25, 0.3) is 0 Å². The molecular formula is C20H21N3O6. The highest BCUT2D eigenvalue weighted by Crippen LogP contribution is 2.22. The number of esters is 1. The Kier molecular flexibility index (Phi) is 7.72. The molecular weight excluding hydrogens is 378 g/mol. The molecule has 2 amide bonds. The Bertz CT molecular complexity index is 909. The average molecular weight is 399 g/mol. The number of hydrazone groups is 1. The zero-order valence-electron chi connectivity index (χ0n) is 16.2. The summed E-state index contributed by atoms with van der Waals surface area (Å²) in [4.78, 5) is 35.4. The summed E-state index contributed by atoms with van der Waals surface area (Å²) >= 11 is 0. The smallest absolute Gasteiger partial charge is 0.338 e. The highest BCUT2D eigenvalue weighted by Gasteiger charge is 2.14. The van der Waals surface area contributed by atoms with Gasteiger partial charge in [0.15, 0.2) is 0 Å². The van der Waals surface area contributed by atoms with E-state index in [9.17, 15) is 14.4 Å². The third-order valence-electron chi connectivity index (χ3n) is 3.67. The van der Waals surface area contributed by atoms with Gasteiger partial charge < -0.3 is 19.5 Å². The average Bonchev–Trinajstić information content (AvgIpc) is 2.74. The van der Waals surface area contributed by atoms with Gasteiger partial charge in [-0.2, -0.15) is 5.10 Å². The molecule has 29 heavy (non-hydrogen) atoms. The van der Waals surface area contributed by atoms with Crippen LogP contribution in [0.1, 0.15) is 22.8 Å². The minimum Gasteiger partial charge on any atom is -0.497 e. The minimum atomic E-state index is -0.955. The van der Waals surface area contributed by atoms with Gasteiger partial charge in [0.05, 0.1) is 32.6 Å².